The molecular weight excluding hydrogens is 452 g/mol. The van der Waals surface area contributed by atoms with Crippen LogP contribution in [0, 0.1) is 0 Å². The lowest BCUT2D eigenvalue weighted by Gasteiger charge is -2.24. The maximum absolute atomic E-state index is 12.5. The number of benzene rings is 1. The summed E-state index contributed by atoms with van der Waals surface area (Å²) in [6, 6.07) is 7.35. The molecule has 1 unspecified atom stereocenters. The van der Waals surface area contributed by atoms with E-state index in [1.54, 1.807) is 18.3 Å². The molecule has 1 saturated heterocycles. The van der Waals surface area contributed by atoms with Gasteiger partial charge >= 0.3 is 5.97 Å². The van der Waals surface area contributed by atoms with Crippen molar-refractivity contribution in [1.82, 2.24) is 20.3 Å². The summed E-state index contributed by atoms with van der Waals surface area (Å²) in [4.78, 5) is 36.9. The summed E-state index contributed by atoms with van der Waals surface area (Å²) >= 11 is 0. The second-order valence-electron chi connectivity index (χ2n) is 7.93. The van der Waals surface area contributed by atoms with Crippen molar-refractivity contribution in [2.45, 2.75) is 25.4 Å². The third kappa shape index (κ3) is 6.19. The number of rotatable bonds is 9. The Labute approximate surface area is 202 Å². The molecule has 1 aliphatic heterocycles. The van der Waals surface area contributed by atoms with Gasteiger partial charge in [0.25, 0.3) is 0 Å². The molecule has 35 heavy (non-hydrogen) atoms. The smallest absolute Gasteiger partial charge is 0.305 e. The Hall–Kier alpha value is -3.83. The summed E-state index contributed by atoms with van der Waals surface area (Å²) in [7, 11) is 2.84. The highest BCUT2D eigenvalue weighted by atomic mass is 16.5. The fraction of sp³-hybridized carbons (Fsp3) is 0.375. The van der Waals surface area contributed by atoms with E-state index in [4.69, 9.17) is 9.47 Å². The Kier molecular flexibility index (Phi) is 8.01. The highest BCUT2D eigenvalue weighted by Crippen LogP contribution is 2.33. The molecule has 0 radical (unpaired) electrons. The number of anilines is 3. The average molecular weight is 481 g/mol. The maximum Gasteiger partial charge on any atom is 0.305 e. The van der Waals surface area contributed by atoms with Gasteiger partial charge in [-0.3, -0.25) is 9.59 Å². The minimum absolute atomic E-state index is 0.0419. The van der Waals surface area contributed by atoms with Crippen LogP contribution in [0.25, 0.3) is 10.9 Å². The lowest BCUT2D eigenvalue weighted by molar-refractivity contribution is -0.140. The van der Waals surface area contributed by atoms with E-state index < -0.39 is 0 Å². The molecule has 3 heterocycles. The van der Waals surface area contributed by atoms with Gasteiger partial charge in [0.1, 0.15) is 23.7 Å². The summed E-state index contributed by atoms with van der Waals surface area (Å²) < 4.78 is 15.9. The summed E-state index contributed by atoms with van der Waals surface area (Å²) in [6.45, 7) is 2.24. The number of morpholine rings is 1. The lowest BCUT2D eigenvalue weighted by atomic mass is 10.1. The highest BCUT2D eigenvalue weighted by Gasteiger charge is 2.17. The van der Waals surface area contributed by atoms with Crippen molar-refractivity contribution in [3.05, 3.63) is 42.4 Å². The quantitative estimate of drug-likeness (QED) is 0.392. The van der Waals surface area contributed by atoms with Gasteiger partial charge in [0.2, 0.25) is 5.91 Å². The predicted molar refractivity (Wildman–Crippen MR) is 130 cm³/mol. The minimum atomic E-state index is -0.349. The van der Waals surface area contributed by atoms with Gasteiger partial charge in [-0.05, 0) is 30.2 Å². The van der Waals surface area contributed by atoms with Crippen molar-refractivity contribution in [3.63, 3.8) is 0 Å². The number of methoxy groups -OCH3 is 2. The van der Waals surface area contributed by atoms with Gasteiger partial charge in [0.15, 0.2) is 0 Å². The van der Waals surface area contributed by atoms with Crippen molar-refractivity contribution in [1.29, 1.82) is 0 Å². The second kappa shape index (κ2) is 11.5. The monoisotopic (exact) mass is 480 g/mol. The van der Waals surface area contributed by atoms with Gasteiger partial charge < -0.3 is 30.2 Å². The van der Waals surface area contributed by atoms with E-state index in [1.807, 2.05) is 12.1 Å². The molecule has 184 valence electrons. The lowest BCUT2D eigenvalue weighted by Crippen LogP contribution is -2.33. The molecule has 0 bridgehead atoms. The van der Waals surface area contributed by atoms with E-state index in [-0.39, 0.29) is 30.8 Å². The molecule has 4 rings (SSSR count). The van der Waals surface area contributed by atoms with Crippen molar-refractivity contribution in [2.75, 3.05) is 44.5 Å². The molecule has 11 heteroatoms. The van der Waals surface area contributed by atoms with Crippen LogP contribution in [0.4, 0.5) is 17.3 Å². The molecule has 3 N–H and O–H groups in total. The Morgan fingerprint density at radius 3 is 2.83 bits per heavy atom. The van der Waals surface area contributed by atoms with E-state index in [2.05, 4.69) is 35.6 Å². The van der Waals surface area contributed by atoms with Crippen molar-refractivity contribution >= 4 is 40.1 Å². The molecule has 0 saturated carbocycles. The number of fused-ring (bicyclic) bond motifs is 1. The van der Waals surface area contributed by atoms with Crippen LogP contribution in [0.3, 0.4) is 0 Å². The number of hydrogen-bond donors (Lipinski definition) is 3. The molecular formula is C24H28N6O5. The minimum Gasteiger partial charge on any atom is -0.494 e. The molecule has 0 aliphatic carbocycles. The summed E-state index contributed by atoms with van der Waals surface area (Å²) in [5, 5.41) is 10.1. The van der Waals surface area contributed by atoms with Crippen LogP contribution in [0.2, 0.25) is 0 Å². The van der Waals surface area contributed by atoms with Gasteiger partial charge in [-0.2, -0.15) is 0 Å². The number of pyridine rings is 1. The third-order valence-electron chi connectivity index (χ3n) is 5.57. The predicted octanol–water partition coefficient (Wildman–Crippen LogP) is 2.72. The first kappa shape index (κ1) is 24.3. The molecule has 1 aromatic carbocycles. The van der Waals surface area contributed by atoms with E-state index >= 15 is 0 Å². The van der Waals surface area contributed by atoms with Gasteiger partial charge in [0, 0.05) is 43.6 Å². The fourth-order valence-corrected chi connectivity index (χ4v) is 3.77. The van der Waals surface area contributed by atoms with Crippen LogP contribution in [0.1, 0.15) is 30.9 Å². The topological polar surface area (TPSA) is 137 Å². The van der Waals surface area contributed by atoms with Crippen LogP contribution in [0.5, 0.6) is 5.75 Å². The zero-order chi connectivity index (χ0) is 24.6. The second-order valence-corrected chi connectivity index (χ2v) is 7.93. The maximum atomic E-state index is 12.5. The standard InChI is InChI=1S/C24H28N6O5/c1-33-19-12-17-16(11-18(19)29-22(31)4-3-5-23(32)34-2)24(28-14-27-17)30-21-10-15(6-7-26-21)20-13-25-8-9-35-20/h6-7,10-12,14,20,25H,3-5,8-9,13H2,1-2H3,(H,29,31)(H,26,27,28,30). The van der Waals surface area contributed by atoms with Crippen molar-refractivity contribution in [2.24, 2.45) is 0 Å². The molecule has 2 aromatic heterocycles. The first-order valence-electron chi connectivity index (χ1n) is 11.3. The first-order valence-corrected chi connectivity index (χ1v) is 11.3. The van der Waals surface area contributed by atoms with Crippen molar-refractivity contribution < 1.29 is 23.8 Å². The Balaban J connectivity index is 1.55. The number of amides is 1. The number of ether oxygens (including phenoxy) is 3. The van der Waals surface area contributed by atoms with Gasteiger partial charge in [-0.15, -0.1) is 0 Å². The zero-order valence-electron chi connectivity index (χ0n) is 19.7. The van der Waals surface area contributed by atoms with Crippen LogP contribution >= 0.6 is 0 Å². The highest BCUT2D eigenvalue weighted by molar-refractivity contribution is 5.99. The Morgan fingerprint density at radius 2 is 2.06 bits per heavy atom. The van der Waals surface area contributed by atoms with E-state index in [9.17, 15) is 9.59 Å². The Morgan fingerprint density at radius 1 is 1.17 bits per heavy atom. The molecule has 11 nitrogen and oxygen atoms in total. The molecule has 0 spiro atoms. The third-order valence-corrected chi connectivity index (χ3v) is 5.57. The molecule has 1 fully saturated rings. The Bertz CT molecular complexity index is 1200. The van der Waals surface area contributed by atoms with E-state index in [0.717, 1.165) is 18.7 Å². The van der Waals surface area contributed by atoms with Gasteiger partial charge in [-0.1, -0.05) is 0 Å². The van der Waals surface area contributed by atoms with Crippen LogP contribution in [-0.2, 0) is 19.1 Å². The van der Waals surface area contributed by atoms with Crippen LogP contribution < -0.4 is 20.7 Å². The average Bonchev–Trinajstić information content (AvgIpc) is 2.89. The summed E-state index contributed by atoms with van der Waals surface area (Å²) in [5.74, 6) is 1.02. The number of aromatic nitrogens is 3. The van der Waals surface area contributed by atoms with Gasteiger partial charge in [0.05, 0.1) is 38.1 Å². The van der Waals surface area contributed by atoms with E-state index in [0.29, 0.717) is 47.0 Å². The number of hydrogen-bond acceptors (Lipinski definition) is 10. The van der Waals surface area contributed by atoms with Crippen LogP contribution in [0.15, 0.2) is 36.8 Å². The van der Waals surface area contributed by atoms with Crippen molar-refractivity contribution in [3.8, 4) is 5.75 Å². The first-order chi connectivity index (χ1) is 17.1. The number of nitrogens with one attached hydrogen (secondary N) is 3. The molecule has 1 atom stereocenters. The zero-order valence-corrected chi connectivity index (χ0v) is 19.7. The van der Waals surface area contributed by atoms with E-state index in [1.165, 1.54) is 20.5 Å². The summed E-state index contributed by atoms with van der Waals surface area (Å²) in [6.07, 6.45) is 3.86. The number of carbonyl (C=O) groups excluding carboxylic acids is 2. The molecule has 1 amide bonds. The summed E-state index contributed by atoms with van der Waals surface area (Å²) in [5.41, 5.74) is 2.12. The number of carbonyl (C=O) groups is 2. The molecule has 1 aliphatic rings. The van der Waals surface area contributed by atoms with Gasteiger partial charge in [-0.25, -0.2) is 15.0 Å². The molecule has 3 aromatic rings. The fourth-order valence-electron chi connectivity index (χ4n) is 3.77. The SMILES string of the molecule is COC(=O)CCCC(=O)Nc1cc2c(Nc3cc(C4CNCCO4)ccn3)ncnc2cc1OC. The largest absolute Gasteiger partial charge is 0.494 e. The number of nitrogens with zero attached hydrogens (tertiary/aromatic N) is 3. The number of esters is 1. The van der Waals surface area contributed by atoms with Crippen LogP contribution in [-0.4, -0.2) is 60.7 Å². The normalized spacial score (nSPS) is 15.4.